The fraction of sp³-hybridized carbons (Fsp3) is 0.0870. The quantitative estimate of drug-likeness (QED) is 0.162. The number of aryl methyl sites for hydroxylation is 2. The highest BCUT2D eigenvalue weighted by Crippen LogP contribution is 2.41. The lowest BCUT2D eigenvalue weighted by molar-refractivity contribution is 0.613. The molecule has 0 heterocycles. The van der Waals surface area contributed by atoms with E-state index in [0.717, 1.165) is 51.8 Å². The summed E-state index contributed by atoms with van der Waals surface area (Å²) in [6.45, 7) is 8.24. The van der Waals surface area contributed by atoms with Gasteiger partial charge in [-0.05, 0) is 121 Å². The Hall–Kier alpha value is -6.06. The number of hydrogen-bond acceptors (Lipinski definition) is 3. The van der Waals surface area contributed by atoms with Crippen molar-refractivity contribution < 1.29 is 0 Å². The summed E-state index contributed by atoms with van der Waals surface area (Å²) < 4.78 is 0. The molecule has 0 spiro atoms. The summed E-state index contributed by atoms with van der Waals surface area (Å²) in [7, 11) is 0. The second kappa shape index (κ2) is 14.0. The molecular formula is C46H41N3. The van der Waals surface area contributed by atoms with Crippen molar-refractivity contribution in [3.8, 4) is 0 Å². The molecule has 0 amide bonds. The molecule has 0 aromatic heterocycles. The maximum atomic E-state index is 3.97. The van der Waals surface area contributed by atoms with Crippen molar-refractivity contribution >= 4 is 40.2 Å². The van der Waals surface area contributed by atoms with Crippen molar-refractivity contribution in [3.63, 3.8) is 0 Å². The van der Waals surface area contributed by atoms with Crippen LogP contribution in [0.15, 0.2) is 188 Å². The number of anilines is 6. The van der Waals surface area contributed by atoms with Crippen LogP contribution in [-0.4, -0.2) is 0 Å². The third kappa shape index (κ3) is 6.83. The minimum Gasteiger partial charge on any atom is -0.372 e. The van der Waals surface area contributed by atoms with Crippen LogP contribution in [-0.2, 0) is 5.54 Å². The monoisotopic (exact) mass is 635 g/mol. The summed E-state index contributed by atoms with van der Waals surface area (Å²) >= 11 is 0. The molecule has 7 rings (SSSR count). The van der Waals surface area contributed by atoms with Gasteiger partial charge in [0, 0.05) is 39.8 Å². The average molecular weight is 636 g/mol. The molecule has 0 radical (unpaired) electrons. The minimum absolute atomic E-state index is 0.384. The number of para-hydroxylation sites is 1. The summed E-state index contributed by atoms with van der Waals surface area (Å²) in [6.07, 6.45) is 9.61. The largest absolute Gasteiger partial charge is 0.372 e. The van der Waals surface area contributed by atoms with Crippen molar-refractivity contribution in [1.82, 2.24) is 0 Å². The predicted molar refractivity (Wildman–Crippen MR) is 209 cm³/mol. The van der Waals surface area contributed by atoms with Crippen LogP contribution in [0.4, 0.5) is 34.1 Å². The van der Waals surface area contributed by atoms with Crippen molar-refractivity contribution in [2.45, 2.75) is 25.8 Å². The van der Waals surface area contributed by atoms with Crippen LogP contribution in [0.2, 0.25) is 0 Å². The minimum atomic E-state index is -0.384. The van der Waals surface area contributed by atoms with Crippen LogP contribution in [0.1, 0.15) is 28.7 Å². The van der Waals surface area contributed by atoms with E-state index in [9.17, 15) is 0 Å². The molecule has 49 heavy (non-hydrogen) atoms. The van der Waals surface area contributed by atoms with Gasteiger partial charge < -0.3 is 15.1 Å². The highest BCUT2D eigenvalue weighted by molar-refractivity contribution is 5.79. The molecule has 6 aromatic carbocycles. The van der Waals surface area contributed by atoms with Gasteiger partial charge in [-0.25, -0.2) is 0 Å². The number of nitrogens with zero attached hydrogens (tertiary/aromatic N) is 2. The molecule has 1 unspecified atom stereocenters. The van der Waals surface area contributed by atoms with Gasteiger partial charge in [0.25, 0.3) is 0 Å². The van der Waals surface area contributed by atoms with Crippen molar-refractivity contribution in [2.24, 2.45) is 0 Å². The molecule has 1 N–H and O–H groups in total. The normalized spacial score (nSPS) is 15.3. The second-order valence-corrected chi connectivity index (χ2v) is 12.7. The van der Waals surface area contributed by atoms with Crippen LogP contribution in [0.5, 0.6) is 0 Å². The second-order valence-electron chi connectivity index (χ2n) is 12.7. The standard InChI is InChI=1S/C46H41N3/c1-4-37-21-23-41(24-22-37)48(42-25-27-43(28-26-42)49(40-18-9-6-10-19-40)45-20-12-14-36(3)34-45)44-29-31-46(32-30-44,38-15-7-5-8-16-38)47-39-17-11-13-35(2)33-39/h4-31,33-34,47H,1,32H2,2-3H3. The van der Waals surface area contributed by atoms with E-state index >= 15 is 0 Å². The fourth-order valence-electron chi connectivity index (χ4n) is 6.64. The average Bonchev–Trinajstić information content (AvgIpc) is 3.14. The van der Waals surface area contributed by atoms with Gasteiger partial charge in [0.05, 0.1) is 5.54 Å². The number of rotatable bonds is 10. The highest BCUT2D eigenvalue weighted by Gasteiger charge is 2.32. The molecule has 3 heteroatoms. The Morgan fingerprint density at radius 3 is 1.71 bits per heavy atom. The first kappa shape index (κ1) is 31.5. The van der Waals surface area contributed by atoms with Crippen LogP contribution >= 0.6 is 0 Å². The summed E-state index contributed by atoms with van der Waals surface area (Å²) in [5.41, 5.74) is 12.1. The molecule has 3 nitrogen and oxygen atoms in total. The molecule has 0 saturated heterocycles. The summed E-state index contributed by atoms with van der Waals surface area (Å²) in [4.78, 5) is 4.65. The van der Waals surface area contributed by atoms with Crippen molar-refractivity contribution in [1.29, 1.82) is 0 Å². The molecule has 1 atom stereocenters. The Labute approximate surface area is 290 Å². The van der Waals surface area contributed by atoms with E-state index in [1.54, 1.807) is 0 Å². The molecule has 1 aliphatic carbocycles. The van der Waals surface area contributed by atoms with Crippen molar-refractivity contribution in [2.75, 3.05) is 15.1 Å². The summed E-state index contributed by atoms with van der Waals surface area (Å²) in [6, 6.07) is 56.0. The zero-order chi connectivity index (χ0) is 33.6. The molecular weight excluding hydrogens is 595 g/mol. The number of benzene rings is 6. The zero-order valence-corrected chi connectivity index (χ0v) is 28.1. The van der Waals surface area contributed by atoms with E-state index in [0.29, 0.717) is 0 Å². The van der Waals surface area contributed by atoms with Gasteiger partial charge in [-0.3, -0.25) is 0 Å². The van der Waals surface area contributed by atoms with Gasteiger partial charge in [0.1, 0.15) is 0 Å². The maximum absolute atomic E-state index is 3.97. The lowest BCUT2D eigenvalue weighted by Gasteiger charge is -2.37. The lowest BCUT2D eigenvalue weighted by Crippen LogP contribution is -2.35. The van der Waals surface area contributed by atoms with Gasteiger partial charge in [-0.15, -0.1) is 0 Å². The summed E-state index contributed by atoms with van der Waals surface area (Å²) in [5.74, 6) is 0. The van der Waals surface area contributed by atoms with Crippen LogP contribution < -0.4 is 15.1 Å². The van der Waals surface area contributed by atoms with Gasteiger partial charge in [0.2, 0.25) is 0 Å². The van der Waals surface area contributed by atoms with E-state index in [-0.39, 0.29) is 5.54 Å². The molecule has 0 saturated carbocycles. The van der Waals surface area contributed by atoms with Gasteiger partial charge in [-0.1, -0.05) is 110 Å². The third-order valence-electron chi connectivity index (χ3n) is 9.13. The molecule has 0 fully saturated rings. The van der Waals surface area contributed by atoms with E-state index < -0.39 is 0 Å². The molecule has 0 aliphatic heterocycles. The Morgan fingerprint density at radius 1 is 0.571 bits per heavy atom. The van der Waals surface area contributed by atoms with E-state index in [1.165, 1.54) is 16.7 Å². The van der Waals surface area contributed by atoms with Crippen LogP contribution in [0.3, 0.4) is 0 Å². The first-order valence-corrected chi connectivity index (χ1v) is 16.9. The summed E-state index contributed by atoms with van der Waals surface area (Å²) in [5, 5.41) is 3.89. The van der Waals surface area contributed by atoms with Gasteiger partial charge >= 0.3 is 0 Å². The molecule has 1 aliphatic rings. The zero-order valence-electron chi connectivity index (χ0n) is 28.1. The van der Waals surface area contributed by atoms with Gasteiger partial charge in [-0.2, -0.15) is 0 Å². The van der Waals surface area contributed by atoms with Crippen LogP contribution in [0.25, 0.3) is 6.08 Å². The number of nitrogens with one attached hydrogen (secondary N) is 1. The van der Waals surface area contributed by atoms with E-state index in [4.69, 9.17) is 0 Å². The third-order valence-corrected chi connectivity index (χ3v) is 9.13. The Kier molecular flexibility index (Phi) is 8.99. The fourth-order valence-corrected chi connectivity index (χ4v) is 6.64. The number of hydrogen-bond donors (Lipinski definition) is 1. The first-order chi connectivity index (χ1) is 24.0. The highest BCUT2D eigenvalue weighted by atomic mass is 15.2. The molecule has 6 aromatic rings. The Morgan fingerprint density at radius 2 is 1.12 bits per heavy atom. The number of allylic oxidation sites excluding steroid dienone is 1. The topological polar surface area (TPSA) is 18.5 Å². The molecule has 240 valence electrons. The predicted octanol–water partition coefficient (Wildman–Crippen LogP) is 12.4. The smallest absolute Gasteiger partial charge is 0.0848 e. The first-order valence-electron chi connectivity index (χ1n) is 16.9. The molecule has 0 bridgehead atoms. The van der Waals surface area contributed by atoms with Crippen LogP contribution in [0, 0.1) is 13.8 Å². The van der Waals surface area contributed by atoms with E-state index in [1.807, 2.05) is 6.08 Å². The lowest BCUT2D eigenvalue weighted by atomic mass is 9.82. The Bertz CT molecular complexity index is 2090. The van der Waals surface area contributed by atoms with E-state index in [2.05, 4.69) is 211 Å². The van der Waals surface area contributed by atoms with Gasteiger partial charge in [0.15, 0.2) is 0 Å². The SMILES string of the molecule is C=Cc1ccc(N(C2=CCC(Nc3cccc(C)c3)(c3ccccc3)C=C2)c2ccc(N(c3ccccc3)c3cccc(C)c3)cc2)cc1. The van der Waals surface area contributed by atoms with Crippen molar-refractivity contribution in [3.05, 3.63) is 210 Å². The maximum Gasteiger partial charge on any atom is 0.0848 e. The Balaban J connectivity index is 1.27.